The van der Waals surface area contributed by atoms with Gasteiger partial charge in [0, 0.05) is 5.41 Å². The molecule has 0 aromatic heterocycles. The molecule has 1 aromatic carbocycles. The molecule has 1 aliphatic rings. The van der Waals surface area contributed by atoms with Crippen molar-refractivity contribution in [2.45, 2.75) is 18.3 Å². The second kappa shape index (κ2) is 3.79. The highest BCUT2D eigenvalue weighted by Gasteiger charge is 2.44. The summed E-state index contributed by atoms with van der Waals surface area (Å²) in [6, 6.07) is 4.91. The lowest BCUT2D eigenvalue weighted by Crippen LogP contribution is -2.18. The standard InChI is InChI=1S/C11H14FNO2/c1-14-10-6-8(2-3-9(10)12)11(4-5-11)7-15-13/h2-3,6H,4-5,7,13H2,1H3. The molecule has 15 heavy (non-hydrogen) atoms. The average Bonchev–Trinajstić information content (AvgIpc) is 3.00. The molecule has 0 aliphatic heterocycles. The zero-order valence-corrected chi connectivity index (χ0v) is 8.63. The lowest BCUT2D eigenvalue weighted by Gasteiger charge is -2.15. The molecule has 4 heteroatoms. The first-order valence-electron chi connectivity index (χ1n) is 4.87. The molecule has 1 fully saturated rings. The van der Waals surface area contributed by atoms with E-state index in [0.29, 0.717) is 6.61 Å². The monoisotopic (exact) mass is 211 g/mol. The van der Waals surface area contributed by atoms with E-state index in [-0.39, 0.29) is 17.0 Å². The Bertz CT molecular complexity index is 364. The van der Waals surface area contributed by atoms with Gasteiger partial charge in [-0.3, -0.25) is 0 Å². The fraction of sp³-hybridized carbons (Fsp3) is 0.455. The number of hydrogen-bond donors (Lipinski definition) is 1. The quantitative estimate of drug-likeness (QED) is 0.772. The van der Waals surface area contributed by atoms with E-state index in [1.54, 1.807) is 12.1 Å². The van der Waals surface area contributed by atoms with Crippen LogP contribution in [0.3, 0.4) is 0 Å². The minimum Gasteiger partial charge on any atom is -0.494 e. The van der Waals surface area contributed by atoms with Crippen molar-refractivity contribution in [3.05, 3.63) is 29.6 Å². The third-order valence-corrected chi connectivity index (χ3v) is 2.98. The van der Waals surface area contributed by atoms with Gasteiger partial charge in [-0.1, -0.05) is 6.07 Å². The SMILES string of the molecule is COc1cc(C2(CON)CC2)ccc1F. The topological polar surface area (TPSA) is 44.5 Å². The highest BCUT2D eigenvalue weighted by Crippen LogP contribution is 2.48. The Morgan fingerprint density at radius 2 is 2.20 bits per heavy atom. The lowest BCUT2D eigenvalue weighted by atomic mass is 9.97. The second-order valence-corrected chi connectivity index (χ2v) is 3.94. The first kappa shape index (κ1) is 10.4. The second-order valence-electron chi connectivity index (χ2n) is 3.94. The van der Waals surface area contributed by atoms with E-state index in [2.05, 4.69) is 0 Å². The third-order valence-electron chi connectivity index (χ3n) is 2.98. The van der Waals surface area contributed by atoms with Gasteiger partial charge in [-0.15, -0.1) is 0 Å². The van der Waals surface area contributed by atoms with Gasteiger partial charge in [-0.25, -0.2) is 10.3 Å². The number of ether oxygens (including phenoxy) is 1. The summed E-state index contributed by atoms with van der Waals surface area (Å²) in [5.74, 6) is 5.02. The van der Waals surface area contributed by atoms with Crippen LogP contribution in [0.2, 0.25) is 0 Å². The molecule has 82 valence electrons. The highest BCUT2D eigenvalue weighted by molar-refractivity contribution is 5.38. The maximum atomic E-state index is 13.2. The molecule has 0 saturated heterocycles. The van der Waals surface area contributed by atoms with E-state index in [1.165, 1.54) is 13.2 Å². The van der Waals surface area contributed by atoms with Crippen molar-refractivity contribution in [1.82, 2.24) is 0 Å². The minimum atomic E-state index is -0.342. The molecule has 0 radical (unpaired) electrons. The van der Waals surface area contributed by atoms with E-state index in [0.717, 1.165) is 18.4 Å². The normalized spacial score (nSPS) is 17.5. The van der Waals surface area contributed by atoms with Crippen molar-refractivity contribution in [1.29, 1.82) is 0 Å². The van der Waals surface area contributed by atoms with Crippen molar-refractivity contribution in [3.8, 4) is 5.75 Å². The minimum absolute atomic E-state index is 0.0181. The molecule has 0 unspecified atom stereocenters. The molecule has 3 nitrogen and oxygen atoms in total. The highest BCUT2D eigenvalue weighted by atomic mass is 19.1. The molecule has 2 N–H and O–H groups in total. The number of halogens is 1. The molecule has 0 spiro atoms. The lowest BCUT2D eigenvalue weighted by molar-refractivity contribution is 0.116. The number of methoxy groups -OCH3 is 1. The first-order chi connectivity index (χ1) is 7.22. The number of hydrogen-bond acceptors (Lipinski definition) is 3. The Labute approximate surface area is 87.9 Å². The van der Waals surface area contributed by atoms with Crippen molar-refractivity contribution in [2.75, 3.05) is 13.7 Å². The summed E-state index contributed by atoms with van der Waals surface area (Å²) in [4.78, 5) is 4.69. The molecule has 1 aliphatic carbocycles. The Morgan fingerprint density at radius 3 is 2.73 bits per heavy atom. The van der Waals surface area contributed by atoms with Gasteiger partial charge < -0.3 is 9.57 Å². The van der Waals surface area contributed by atoms with Crippen LogP contribution in [-0.4, -0.2) is 13.7 Å². The van der Waals surface area contributed by atoms with Gasteiger partial charge in [0.15, 0.2) is 11.6 Å². The van der Waals surface area contributed by atoms with Crippen LogP contribution in [0.25, 0.3) is 0 Å². The van der Waals surface area contributed by atoms with Crippen molar-refractivity contribution < 1.29 is 14.0 Å². The van der Waals surface area contributed by atoms with Crippen LogP contribution in [0.15, 0.2) is 18.2 Å². The van der Waals surface area contributed by atoms with E-state index in [9.17, 15) is 4.39 Å². The van der Waals surface area contributed by atoms with E-state index in [4.69, 9.17) is 15.5 Å². The van der Waals surface area contributed by atoms with Crippen LogP contribution in [0, 0.1) is 5.82 Å². The summed E-state index contributed by atoms with van der Waals surface area (Å²) < 4.78 is 18.1. The largest absolute Gasteiger partial charge is 0.494 e. The van der Waals surface area contributed by atoms with Crippen LogP contribution in [0.5, 0.6) is 5.75 Å². The predicted molar refractivity (Wildman–Crippen MR) is 54.0 cm³/mol. The number of benzene rings is 1. The zero-order valence-electron chi connectivity index (χ0n) is 8.63. The van der Waals surface area contributed by atoms with Gasteiger partial charge in [0.25, 0.3) is 0 Å². The summed E-state index contributed by atoms with van der Waals surface area (Å²) in [7, 11) is 1.46. The van der Waals surface area contributed by atoms with Gasteiger partial charge in [-0.05, 0) is 30.5 Å². The Hall–Kier alpha value is -1.13. The van der Waals surface area contributed by atoms with E-state index < -0.39 is 0 Å². The summed E-state index contributed by atoms with van der Waals surface area (Å²) >= 11 is 0. The van der Waals surface area contributed by atoms with Gasteiger partial charge in [0.05, 0.1) is 13.7 Å². The smallest absolute Gasteiger partial charge is 0.165 e. The third kappa shape index (κ3) is 1.82. The number of nitrogens with two attached hydrogens (primary N) is 1. The molecule has 1 saturated carbocycles. The maximum Gasteiger partial charge on any atom is 0.165 e. The molecular formula is C11H14FNO2. The van der Waals surface area contributed by atoms with Crippen LogP contribution in [0.1, 0.15) is 18.4 Å². The average molecular weight is 211 g/mol. The molecule has 1 aromatic rings. The first-order valence-corrected chi connectivity index (χ1v) is 4.87. The van der Waals surface area contributed by atoms with E-state index >= 15 is 0 Å². The molecule has 2 rings (SSSR count). The predicted octanol–water partition coefficient (Wildman–Crippen LogP) is 1.76. The van der Waals surface area contributed by atoms with Crippen LogP contribution in [0.4, 0.5) is 4.39 Å². The van der Waals surface area contributed by atoms with Gasteiger partial charge in [-0.2, -0.15) is 0 Å². The number of rotatable bonds is 4. The molecule has 0 amide bonds. The Kier molecular flexibility index (Phi) is 2.63. The van der Waals surface area contributed by atoms with E-state index in [1.807, 2.05) is 0 Å². The summed E-state index contributed by atoms with van der Waals surface area (Å²) in [5.41, 5.74) is 1.02. The Balaban J connectivity index is 2.29. The van der Waals surface area contributed by atoms with Gasteiger partial charge in [0.2, 0.25) is 0 Å². The van der Waals surface area contributed by atoms with Crippen LogP contribution >= 0.6 is 0 Å². The van der Waals surface area contributed by atoms with Gasteiger partial charge >= 0.3 is 0 Å². The summed E-state index contributed by atoms with van der Waals surface area (Å²) in [6.45, 7) is 0.474. The van der Waals surface area contributed by atoms with Crippen LogP contribution in [-0.2, 0) is 10.3 Å². The molecule has 0 heterocycles. The van der Waals surface area contributed by atoms with Gasteiger partial charge in [0.1, 0.15) is 0 Å². The maximum absolute atomic E-state index is 13.2. The van der Waals surface area contributed by atoms with Crippen LogP contribution < -0.4 is 10.6 Å². The van der Waals surface area contributed by atoms with Crippen molar-refractivity contribution in [3.63, 3.8) is 0 Å². The molecular weight excluding hydrogens is 197 g/mol. The summed E-state index contributed by atoms with van der Waals surface area (Å²) in [5, 5.41) is 0. The Morgan fingerprint density at radius 1 is 1.47 bits per heavy atom. The summed E-state index contributed by atoms with van der Waals surface area (Å²) in [6.07, 6.45) is 2.05. The fourth-order valence-electron chi connectivity index (χ4n) is 1.82. The zero-order chi connectivity index (χ0) is 10.9. The van der Waals surface area contributed by atoms with Crippen molar-refractivity contribution >= 4 is 0 Å². The molecule has 0 atom stereocenters. The van der Waals surface area contributed by atoms with Crippen molar-refractivity contribution in [2.24, 2.45) is 5.90 Å². The fourth-order valence-corrected chi connectivity index (χ4v) is 1.82. The molecule has 0 bridgehead atoms.